The highest BCUT2D eigenvalue weighted by Crippen LogP contribution is 2.18. The number of hydrogen-bond donors (Lipinski definition) is 1. The number of halogens is 1. The molecule has 0 saturated carbocycles. The van der Waals surface area contributed by atoms with Gasteiger partial charge in [-0.2, -0.15) is 0 Å². The molecule has 3 nitrogen and oxygen atoms in total. The molecule has 0 spiro atoms. The van der Waals surface area contributed by atoms with E-state index in [4.69, 9.17) is 14.9 Å². The zero-order chi connectivity index (χ0) is 12.0. The highest BCUT2D eigenvalue weighted by atomic mass is 19.1. The van der Waals surface area contributed by atoms with E-state index in [-0.39, 0.29) is 17.5 Å². The first kappa shape index (κ1) is 12.5. The van der Waals surface area contributed by atoms with Crippen molar-refractivity contribution in [3.63, 3.8) is 0 Å². The van der Waals surface area contributed by atoms with Gasteiger partial charge >= 0.3 is 0 Å². The summed E-state index contributed by atoms with van der Waals surface area (Å²) in [6.45, 7) is 0. The van der Waals surface area contributed by atoms with Crippen LogP contribution in [0.4, 0.5) is 4.39 Å². The number of methoxy groups -OCH3 is 2. The van der Waals surface area contributed by atoms with Crippen LogP contribution in [-0.2, 0) is 11.2 Å². The van der Waals surface area contributed by atoms with Gasteiger partial charge in [0.05, 0.1) is 14.2 Å². The summed E-state index contributed by atoms with van der Waals surface area (Å²) in [5.41, 5.74) is 0.905. The summed E-state index contributed by atoms with van der Waals surface area (Å²) in [5.74, 6) is 0.171. The molecule has 88 valence electrons. The summed E-state index contributed by atoms with van der Waals surface area (Å²) in [5, 5.41) is 7.29. The lowest BCUT2D eigenvalue weighted by atomic mass is 10.1. The molecular weight excluding hydrogens is 209 g/mol. The van der Waals surface area contributed by atoms with E-state index < -0.39 is 0 Å². The third kappa shape index (κ3) is 3.53. The van der Waals surface area contributed by atoms with E-state index in [0.29, 0.717) is 6.42 Å². The normalized spacial score (nSPS) is 9.94. The molecule has 0 unspecified atom stereocenters. The summed E-state index contributed by atoms with van der Waals surface area (Å²) >= 11 is 0. The topological polar surface area (TPSA) is 42.3 Å². The average molecular weight is 225 g/mol. The van der Waals surface area contributed by atoms with E-state index in [0.717, 1.165) is 18.4 Å². The van der Waals surface area contributed by atoms with Crippen molar-refractivity contribution in [1.29, 1.82) is 5.41 Å². The second kappa shape index (κ2) is 6.10. The Bertz CT molecular complexity index is 366. The van der Waals surface area contributed by atoms with Crippen LogP contribution in [0.2, 0.25) is 0 Å². The predicted molar refractivity (Wildman–Crippen MR) is 60.6 cm³/mol. The number of hydrogen-bond acceptors (Lipinski definition) is 3. The number of rotatable bonds is 5. The Morgan fingerprint density at radius 3 is 2.69 bits per heavy atom. The minimum absolute atomic E-state index is 0.258. The summed E-state index contributed by atoms with van der Waals surface area (Å²) in [6, 6.07) is 4.92. The van der Waals surface area contributed by atoms with Crippen molar-refractivity contribution < 1.29 is 13.9 Å². The van der Waals surface area contributed by atoms with Gasteiger partial charge in [0.2, 0.25) is 0 Å². The van der Waals surface area contributed by atoms with Crippen molar-refractivity contribution in [3.05, 3.63) is 29.6 Å². The van der Waals surface area contributed by atoms with Gasteiger partial charge in [-0.05, 0) is 30.5 Å². The summed E-state index contributed by atoms with van der Waals surface area (Å²) < 4.78 is 22.9. The molecule has 0 aliphatic rings. The molecule has 1 aromatic rings. The first-order valence-corrected chi connectivity index (χ1v) is 5.11. The lowest BCUT2D eigenvalue weighted by Crippen LogP contribution is -1.99. The molecule has 0 aromatic heterocycles. The Hall–Kier alpha value is -1.58. The van der Waals surface area contributed by atoms with Gasteiger partial charge in [-0.15, -0.1) is 0 Å². The first-order valence-electron chi connectivity index (χ1n) is 5.11. The third-order valence-electron chi connectivity index (χ3n) is 2.33. The largest absolute Gasteiger partial charge is 0.494 e. The molecule has 0 saturated heterocycles. The predicted octanol–water partition coefficient (Wildman–Crippen LogP) is 2.78. The Kier molecular flexibility index (Phi) is 4.76. The molecular formula is C12H16FNO2. The van der Waals surface area contributed by atoms with Crippen LogP contribution >= 0.6 is 0 Å². The zero-order valence-electron chi connectivity index (χ0n) is 9.55. The molecule has 1 rings (SSSR count). The van der Waals surface area contributed by atoms with Crippen LogP contribution in [0.3, 0.4) is 0 Å². The number of ether oxygens (including phenoxy) is 2. The second-order valence-corrected chi connectivity index (χ2v) is 3.45. The molecule has 1 N–H and O–H groups in total. The van der Waals surface area contributed by atoms with Crippen molar-refractivity contribution in [2.24, 2.45) is 0 Å². The Morgan fingerprint density at radius 1 is 1.38 bits per heavy atom. The second-order valence-electron chi connectivity index (χ2n) is 3.45. The molecule has 0 bridgehead atoms. The molecule has 0 heterocycles. The molecule has 0 aliphatic heterocycles. The Morgan fingerprint density at radius 2 is 2.12 bits per heavy atom. The van der Waals surface area contributed by atoms with Gasteiger partial charge in [-0.1, -0.05) is 6.07 Å². The van der Waals surface area contributed by atoms with Gasteiger partial charge < -0.3 is 9.47 Å². The van der Waals surface area contributed by atoms with Gasteiger partial charge in [0.15, 0.2) is 17.5 Å². The van der Waals surface area contributed by atoms with Crippen molar-refractivity contribution >= 4 is 5.90 Å². The number of nitrogens with one attached hydrogen (secondary N) is 1. The van der Waals surface area contributed by atoms with Crippen LogP contribution in [0, 0.1) is 11.2 Å². The van der Waals surface area contributed by atoms with Crippen LogP contribution in [0.25, 0.3) is 0 Å². The fourth-order valence-corrected chi connectivity index (χ4v) is 1.42. The van der Waals surface area contributed by atoms with E-state index >= 15 is 0 Å². The van der Waals surface area contributed by atoms with Gasteiger partial charge in [0, 0.05) is 6.42 Å². The average Bonchev–Trinajstić information content (AvgIpc) is 2.29. The van der Waals surface area contributed by atoms with E-state index in [1.165, 1.54) is 20.3 Å². The van der Waals surface area contributed by atoms with Gasteiger partial charge in [-0.25, -0.2) is 4.39 Å². The molecule has 1 aromatic carbocycles. The van der Waals surface area contributed by atoms with E-state index in [1.807, 2.05) is 6.07 Å². The highest BCUT2D eigenvalue weighted by molar-refractivity contribution is 5.72. The van der Waals surface area contributed by atoms with Crippen LogP contribution < -0.4 is 4.74 Å². The Balaban J connectivity index is 2.49. The van der Waals surface area contributed by atoms with Crippen molar-refractivity contribution in [3.8, 4) is 5.75 Å². The molecule has 0 aliphatic carbocycles. The van der Waals surface area contributed by atoms with Crippen molar-refractivity contribution in [1.82, 2.24) is 0 Å². The monoisotopic (exact) mass is 225 g/mol. The molecule has 16 heavy (non-hydrogen) atoms. The quantitative estimate of drug-likeness (QED) is 0.618. The molecule has 0 amide bonds. The van der Waals surface area contributed by atoms with Gasteiger partial charge in [-0.3, -0.25) is 5.41 Å². The maximum Gasteiger partial charge on any atom is 0.180 e. The van der Waals surface area contributed by atoms with Crippen molar-refractivity contribution in [2.75, 3.05) is 14.2 Å². The van der Waals surface area contributed by atoms with Crippen LogP contribution in [-0.4, -0.2) is 20.1 Å². The zero-order valence-corrected chi connectivity index (χ0v) is 9.55. The van der Waals surface area contributed by atoms with Crippen LogP contribution in [0.1, 0.15) is 18.4 Å². The lowest BCUT2D eigenvalue weighted by molar-refractivity contribution is 0.383. The van der Waals surface area contributed by atoms with E-state index in [2.05, 4.69) is 0 Å². The first-order chi connectivity index (χ1) is 7.67. The van der Waals surface area contributed by atoms with Gasteiger partial charge in [0.25, 0.3) is 0 Å². The molecule has 0 radical (unpaired) electrons. The number of benzene rings is 1. The van der Waals surface area contributed by atoms with Crippen LogP contribution in [0.5, 0.6) is 5.75 Å². The van der Waals surface area contributed by atoms with Crippen molar-refractivity contribution in [2.45, 2.75) is 19.3 Å². The van der Waals surface area contributed by atoms with Gasteiger partial charge in [0.1, 0.15) is 0 Å². The van der Waals surface area contributed by atoms with E-state index in [9.17, 15) is 4.39 Å². The SMILES string of the molecule is COC(=N)CCCc1ccc(OC)c(F)c1. The Labute approximate surface area is 94.7 Å². The highest BCUT2D eigenvalue weighted by Gasteiger charge is 2.03. The smallest absolute Gasteiger partial charge is 0.180 e. The standard InChI is InChI=1S/C12H16FNO2/c1-15-11-7-6-9(8-10(11)13)4-3-5-12(14)16-2/h6-8,14H,3-5H2,1-2H3. The third-order valence-corrected chi connectivity index (χ3v) is 2.33. The molecule has 4 heteroatoms. The minimum atomic E-state index is -0.346. The maximum absolute atomic E-state index is 13.3. The maximum atomic E-state index is 13.3. The fraction of sp³-hybridized carbons (Fsp3) is 0.417. The number of aryl methyl sites for hydroxylation is 1. The summed E-state index contributed by atoms with van der Waals surface area (Å²) in [4.78, 5) is 0. The summed E-state index contributed by atoms with van der Waals surface area (Å²) in [7, 11) is 2.92. The lowest BCUT2D eigenvalue weighted by Gasteiger charge is -2.05. The summed E-state index contributed by atoms with van der Waals surface area (Å²) in [6.07, 6.45) is 2.08. The van der Waals surface area contributed by atoms with E-state index in [1.54, 1.807) is 6.07 Å². The van der Waals surface area contributed by atoms with Crippen LogP contribution in [0.15, 0.2) is 18.2 Å². The molecule has 0 fully saturated rings. The molecule has 0 atom stereocenters. The minimum Gasteiger partial charge on any atom is -0.494 e. The fourth-order valence-electron chi connectivity index (χ4n) is 1.42.